The van der Waals surface area contributed by atoms with E-state index in [9.17, 15) is 4.39 Å². The summed E-state index contributed by atoms with van der Waals surface area (Å²) in [5.41, 5.74) is 6.41. The molecule has 0 saturated carbocycles. The van der Waals surface area contributed by atoms with Gasteiger partial charge < -0.3 is 10.5 Å². The van der Waals surface area contributed by atoms with Gasteiger partial charge in [0.05, 0.1) is 6.61 Å². The van der Waals surface area contributed by atoms with E-state index >= 15 is 0 Å². The van der Waals surface area contributed by atoms with Crippen molar-refractivity contribution in [1.82, 2.24) is 0 Å². The second-order valence-electron chi connectivity index (χ2n) is 3.78. The van der Waals surface area contributed by atoms with Gasteiger partial charge in [-0.15, -0.1) is 0 Å². The molecule has 1 aromatic carbocycles. The van der Waals surface area contributed by atoms with Crippen LogP contribution in [0.15, 0.2) is 18.2 Å². The van der Waals surface area contributed by atoms with E-state index in [0.717, 1.165) is 6.42 Å². The van der Waals surface area contributed by atoms with Gasteiger partial charge in [0, 0.05) is 29.2 Å². The maximum atomic E-state index is 13.5. The van der Waals surface area contributed by atoms with Crippen molar-refractivity contribution in [2.24, 2.45) is 11.7 Å². The molecule has 1 aliphatic rings. The van der Waals surface area contributed by atoms with Crippen molar-refractivity contribution in [1.29, 1.82) is 0 Å². The van der Waals surface area contributed by atoms with Gasteiger partial charge in [0.25, 0.3) is 0 Å². The second kappa shape index (κ2) is 4.47. The molecule has 0 aliphatic carbocycles. The zero-order chi connectivity index (χ0) is 10.8. The van der Waals surface area contributed by atoms with Crippen LogP contribution in [-0.2, 0) is 4.74 Å². The molecule has 2 unspecified atom stereocenters. The first kappa shape index (κ1) is 10.9. The highest BCUT2D eigenvalue weighted by atomic mass is 35.5. The third-order valence-corrected chi connectivity index (χ3v) is 3.14. The summed E-state index contributed by atoms with van der Waals surface area (Å²) < 4.78 is 18.8. The molecule has 0 amide bonds. The van der Waals surface area contributed by atoms with Gasteiger partial charge in [-0.05, 0) is 18.6 Å². The molecule has 1 fully saturated rings. The van der Waals surface area contributed by atoms with Crippen LogP contribution in [0.1, 0.15) is 18.0 Å². The minimum atomic E-state index is -0.374. The summed E-state index contributed by atoms with van der Waals surface area (Å²) in [7, 11) is 0. The Kier molecular flexibility index (Phi) is 3.24. The second-order valence-corrected chi connectivity index (χ2v) is 4.19. The van der Waals surface area contributed by atoms with E-state index in [4.69, 9.17) is 22.1 Å². The van der Waals surface area contributed by atoms with Gasteiger partial charge in [-0.25, -0.2) is 4.39 Å². The van der Waals surface area contributed by atoms with Crippen LogP contribution in [0.2, 0.25) is 5.02 Å². The van der Waals surface area contributed by atoms with Gasteiger partial charge in [-0.1, -0.05) is 17.7 Å². The normalized spacial score (nSPS) is 23.0. The van der Waals surface area contributed by atoms with Gasteiger partial charge in [0.2, 0.25) is 0 Å². The molecule has 0 aromatic heterocycles. The first-order chi connectivity index (χ1) is 7.20. The van der Waals surface area contributed by atoms with Crippen molar-refractivity contribution >= 4 is 11.6 Å². The molecule has 0 bridgehead atoms. The summed E-state index contributed by atoms with van der Waals surface area (Å²) in [6, 6.07) is 4.26. The Balaban J connectivity index is 2.27. The maximum absolute atomic E-state index is 13.5. The monoisotopic (exact) mass is 229 g/mol. The minimum Gasteiger partial charge on any atom is -0.381 e. The molecule has 2 atom stereocenters. The summed E-state index contributed by atoms with van der Waals surface area (Å²) in [6.07, 6.45) is 0.867. The van der Waals surface area contributed by atoms with Crippen LogP contribution in [0.4, 0.5) is 4.39 Å². The fourth-order valence-electron chi connectivity index (χ4n) is 1.90. The van der Waals surface area contributed by atoms with Crippen LogP contribution >= 0.6 is 11.6 Å². The highest BCUT2D eigenvalue weighted by Gasteiger charge is 2.27. The first-order valence-electron chi connectivity index (χ1n) is 4.97. The molecular formula is C11H13ClFNO. The zero-order valence-electron chi connectivity index (χ0n) is 8.25. The Labute approximate surface area is 93.2 Å². The summed E-state index contributed by atoms with van der Waals surface area (Å²) in [4.78, 5) is 0. The lowest BCUT2D eigenvalue weighted by molar-refractivity contribution is 0.180. The summed E-state index contributed by atoms with van der Waals surface area (Å²) >= 11 is 5.94. The summed E-state index contributed by atoms with van der Waals surface area (Å²) in [5, 5.41) is 0.398. The molecule has 15 heavy (non-hydrogen) atoms. The molecule has 82 valence electrons. The maximum Gasteiger partial charge on any atom is 0.129 e. The highest BCUT2D eigenvalue weighted by molar-refractivity contribution is 6.31. The molecular weight excluding hydrogens is 217 g/mol. The van der Waals surface area contributed by atoms with Gasteiger partial charge >= 0.3 is 0 Å². The lowest BCUT2D eigenvalue weighted by Crippen LogP contribution is -2.23. The molecule has 2 nitrogen and oxygen atoms in total. The van der Waals surface area contributed by atoms with Gasteiger partial charge in [-0.2, -0.15) is 0 Å². The molecule has 1 aromatic rings. The van der Waals surface area contributed by atoms with E-state index in [1.54, 1.807) is 12.1 Å². The van der Waals surface area contributed by atoms with E-state index in [-0.39, 0.29) is 17.8 Å². The molecule has 4 heteroatoms. The third kappa shape index (κ3) is 2.14. The number of benzene rings is 1. The van der Waals surface area contributed by atoms with E-state index < -0.39 is 0 Å². The number of hydrogen-bond donors (Lipinski definition) is 1. The number of ether oxygens (including phenoxy) is 1. The van der Waals surface area contributed by atoms with E-state index in [1.165, 1.54) is 6.07 Å². The molecule has 1 aliphatic heterocycles. The Morgan fingerprint density at radius 1 is 1.53 bits per heavy atom. The number of rotatable bonds is 2. The zero-order valence-corrected chi connectivity index (χ0v) is 9.01. The standard InChI is InChI=1S/C11H13ClFNO/c12-8-2-1-3-9(13)10(8)11(14)7-4-5-15-6-7/h1-3,7,11H,4-6,14H2. The Morgan fingerprint density at radius 2 is 2.33 bits per heavy atom. The van der Waals surface area contributed by atoms with Gasteiger partial charge in [0.1, 0.15) is 5.82 Å². The van der Waals surface area contributed by atoms with Gasteiger partial charge in [-0.3, -0.25) is 0 Å². The molecule has 1 saturated heterocycles. The van der Waals surface area contributed by atoms with Crippen molar-refractivity contribution in [2.75, 3.05) is 13.2 Å². The number of hydrogen-bond acceptors (Lipinski definition) is 2. The quantitative estimate of drug-likeness (QED) is 0.846. The van der Waals surface area contributed by atoms with Crippen LogP contribution < -0.4 is 5.73 Å². The van der Waals surface area contributed by atoms with Crippen molar-refractivity contribution in [2.45, 2.75) is 12.5 Å². The minimum absolute atomic E-state index is 0.166. The predicted molar refractivity (Wildman–Crippen MR) is 57.3 cm³/mol. The van der Waals surface area contributed by atoms with E-state index in [1.807, 2.05) is 0 Å². The van der Waals surface area contributed by atoms with E-state index in [2.05, 4.69) is 0 Å². The smallest absolute Gasteiger partial charge is 0.129 e. The SMILES string of the molecule is NC(c1c(F)cccc1Cl)C1CCOC1. The van der Waals surface area contributed by atoms with Crippen molar-refractivity contribution < 1.29 is 9.13 Å². The third-order valence-electron chi connectivity index (χ3n) is 2.81. The first-order valence-corrected chi connectivity index (χ1v) is 5.35. The topological polar surface area (TPSA) is 35.2 Å². The summed E-state index contributed by atoms with van der Waals surface area (Å²) in [5.74, 6) is -0.165. The van der Waals surface area contributed by atoms with Crippen LogP contribution in [-0.4, -0.2) is 13.2 Å². The molecule has 0 spiro atoms. The van der Waals surface area contributed by atoms with Crippen molar-refractivity contribution in [3.8, 4) is 0 Å². The Hall–Kier alpha value is -0.640. The van der Waals surface area contributed by atoms with Crippen LogP contribution in [0.3, 0.4) is 0 Å². The van der Waals surface area contributed by atoms with Crippen LogP contribution in [0.25, 0.3) is 0 Å². The lowest BCUT2D eigenvalue weighted by atomic mass is 9.93. The van der Waals surface area contributed by atoms with E-state index in [0.29, 0.717) is 23.8 Å². The molecule has 2 N–H and O–H groups in total. The lowest BCUT2D eigenvalue weighted by Gasteiger charge is -2.19. The summed E-state index contributed by atoms with van der Waals surface area (Å²) in [6.45, 7) is 1.29. The average molecular weight is 230 g/mol. The number of nitrogens with two attached hydrogens (primary N) is 1. The number of halogens is 2. The average Bonchev–Trinajstić information content (AvgIpc) is 2.69. The fraction of sp³-hybridized carbons (Fsp3) is 0.455. The van der Waals surface area contributed by atoms with Crippen LogP contribution in [0.5, 0.6) is 0 Å². The van der Waals surface area contributed by atoms with Gasteiger partial charge in [0.15, 0.2) is 0 Å². The molecule has 0 radical (unpaired) electrons. The largest absolute Gasteiger partial charge is 0.381 e. The van der Waals surface area contributed by atoms with Crippen LogP contribution in [0, 0.1) is 11.7 Å². The Morgan fingerprint density at radius 3 is 2.93 bits per heavy atom. The fourth-order valence-corrected chi connectivity index (χ4v) is 2.19. The molecule has 1 heterocycles. The highest BCUT2D eigenvalue weighted by Crippen LogP contribution is 2.32. The van der Waals surface area contributed by atoms with Crippen molar-refractivity contribution in [3.63, 3.8) is 0 Å². The molecule has 2 rings (SSSR count). The van der Waals surface area contributed by atoms with Crippen molar-refractivity contribution in [3.05, 3.63) is 34.6 Å². The Bertz CT molecular complexity index is 332. The predicted octanol–water partition coefficient (Wildman–Crippen LogP) is 2.52.